The van der Waals surface area contributed by atoms with Crippen LogP contribution in [-0.2, 0) is 11.3 Å². The number of hydrogen-bond acceptors (Lipinski definition) is 4. The van der Waals surface area contributed by atoms with Crippen molar-refractivity contribution in [1.29, 1.82) is 0 Å². The molecule has 1 N–H and O–H groups in total. The highest BCUT2D eigenvalue weighted by Gasteiger charge is 2.41. The van der Waals surface area contributed by atoms with E-state index in [1.54, 1.807) is 19.2 Å². The fourth-order valence-corrected chi connectivity index (χ4v) is 4.39. The summed E-state index contributed by atoms with van der Waals surface area (Å²) in [6, 6.07) is 4.88. The van der Waals surface area contributed by atoms with Gasteiger partial charge in [-0.15, -0.1) is 0 Å². The molecule has 144 valence electrons. The van der Waals surface area contributed by atoms with E-state index in [9.17, 15) is 9.18 Å². The second kappa shape index (κ2) is 8.35. The Morgan fingerprint density at radius 1 is 1.31 bits per heavy atom. The number of aliphatic hydroxyl groups excluding tert-OH is 1. The normalized spacial score (nSPS) is 24.3. The Balaban J connectivity index is 1.68. The van der Waals surface area contributed by atoms with Crippen LogP contribution in [0, 0.1) is 11.2 Å². The van der Waals surface area contributed by atoms with Crippen LogP contribution in [0.15, 0.2) is 18.2 Å². The van der Waals surface area contributed by atoms with Crippen molar-refractivity contribution in [2.24, 2.45) is 5.41 Å². The van der Waals surface area contributed by atoms with E-state index >= 15 is 0 Å². The van der Waals surface area contributed by atoms with Gasteiger partial charge in [-0.25, -0.2) is 4.39 Å². The summed E-state index contributed by atoms with van der Waals surface area (Å²) in [6.07, 6.45) is 4.27. The number of carbonyl (C=O) groups excluding carboxylic acids is 1. The molecule has 1 unspecified atom stereocenters. The maximum absolute atomic E-state index is 14.2. The van der Waals surface area contributed by atoms with Crippen molar-refractivity contribution in [3.05, 3.63) is 29.6 Å². The smallest absolute Gasteiger partial charge is 0.222 e. The summed E-state index contributed by atoms with van der Waals surface area (Å²) in [5.41, 5.74) is 0.752. The van der Waals surface area contributed by atoms with Crippen LogP contribution in [0.4, 0.5) is 4.39 Å². The van der Waals surface area contributed by atoms with E-state index in [0.717, 1.165) is 38.9 Å². The number of nitrogens with zero attached hydrogens (tertiary/aromatic N) is 2. The number of aliphatic hydroxyl groups is 1. The standard InChI is InChI=1S/C20H29FN2O3/c1-26-17-4-5-18(21)16(12-17)13-22-9-2-7-20(14-22)8-6-19(25)23(15-20)10-3-11-24/h4-5,12,24H,2-3,6-11,13-15H2,1H3. The molecule has 2 fully saturated rings. The maximum atomic E-state index is 14.2. The third-order valence-corrected chi connectivity index (χ3v) is 5.72. The highest BCUT2D eigenvalue weighted by atomic mass is 19.1. The quantitative estimate of drug-likeness (QED) is 0.842. The first kappa shape index (κ1) is 19.1. The van der Waals surface area contributed by atoms with Crippen LogP contribution in [0.5, 0.6) is 5.75 Å². The summed E-state index contributed by atoms with van der Waals surface area (Å²) in [7, 11) is 1.59. The van der Waals surface area contributed by atoms with Crippen LogP contribution in [0.25, 0.3) is 0 Å². The van der Waals surface area contributed by atoms with Gasteiger partial charge in [-0.2, -0.15) is 0 Å². The topological polar surface area (TPSA) is 53.0 Å². The Hall–Kier alpha value is -1.66. The van der Waals surface area contributed by atoms with Gasteiger partial charge in [-0.3, -0.25) is 9.69 Å². The molecule has 5 nitrogen and oxygen atoms in total. The number of halogens is 1. The van der Waals surface area contributed by atoms with Crippen molar-refractivity contribution >= 4 is 5.91 Å². The molecule has 0 aliphatic carbocycles. The van der Waals surface area contributed by atoms with Crippen LogP contribution >= 0.6 is 0 Å². The number of carbonyl (C=O) groups is 1. The monoisotopic (exact) mass is 364 g/mol. The van der Waals surface area contributed by atoms with E-state index in [-0.39, 0.29) is 23.7 Å². The second-order valence-corrected chi connectivity index (χ2v) is 7.66. The van der Waals surface area contributed by atoms with Gasteiger partial charge >= 0.3 is 0 Å². The molecule has 0 bridgehead atoms. The SMILES string of the molecule is COc1ccc(F)c(CN2CCCC3(CCC(=O)N(CCCO)C3)C2)c1. The van der Waals surface area contributed by atoms with Gasteiger partial charge in [-0.1, -0.05) is 0 Å². The number of likely N-dealkylation sites (tertiary alicyclic amines) is 2. The van der Waals surface area contributed by atoms with Crippen molar-refractivity contribution in [3.8, 4) is 5.75 Å². The highest BCUT2D eigenvalue weighted by molar-refractivity contribution is 5.77. The fraction of sp³-hybridized carbons (Fsp3) is 0.650. The molecule has 2 aliphatic heterocycles. The second-order valence-electron chi connectivity index (χ2n) is 7.66. The van der Waals surface area contributed by atoms with Gasteiger partial charge in [0.1, 0.15) is 11.6 Å². The number of piperidine rings is 2. The van der Waals surface area contributed by atoms with Gasteiger partial charge in [0.2, 0.25) is 5.91 Å². The lowest BCUT2D eigenvalue weighted by Gasteiger charge is -2.48. The summed E-state index contributed by atoms with van der Waals surface area (Å²) in [5.74, 6) is 0.667. The van der Waals surface area contributed by atoms with Gasteiger partial charge in [0.15, 0.2) is 0 Å². The molecule has 1 aromatic rings. The summed E-state index contributed by atoms with van der Waals surface area (Å²) in [6.45, 7) is 3.88. The van der Waals surface area contributed by atoms with Crippen molar-refractivity contribution in [3.63, 3.8) is 0 Å². The van der Waals surface area contributed by atoms with Crippen LogP contribution in [-0.4, -0.2) is 60.7 Å². The minimum absolute atomic E-state index is 0.0942. The number of rotatable bonds is 6. The Labute approximate surface area is 154 Å². The lowest BCUT2D eigenvalue weighted by Crippen LogP contribution is -2.54. The molecule has 2 saturated heterocycles. The van der Waals surface area contributed by atoms with Crippen LogP contribution in [0.2, 0.25) is 0 Å². The predicted molar refractivity (Wildman–Crippen MR) is 97.4 cm³/mol. The van der Waals surface area contributed by atoms with Gasteiger partial charge in [-0.05, 0) is 50.4 Å². The van der Waals surface area contributed by atoms with E-state index in [1.807, 2.05) is 4.90 Å². The molecule has 1 aromatic carbocycles. The first-order valence-electron chi connectivity index (χ1n) is 9.49. The van der Waals surface area contributed by atoms with E-state index in [2.05, 4.69) is 4.90 Å². The van der Waals surface area contributed by atoms with Crippen molar-refractivity contribution in [2.75, 3.05) is 39.9 Å². The van der Waals surface area contributed by atoms with Crippen LogP contribution < -0.4 is 4.74 Å². The molecule has 2 aliphatic rings. The van der Waals surface area contributed by atoms with Gasteiger partial charge in [0.25, 0.3) is 0 Å². The van der Waals surface area contributed by atoms with Crippen molar-refractivity contribution < 1.29 is 19.0 Å². The number of ether oxygens (including phenoxy) is 1. The summed E-state index contributed by atoms with van der Waals surface area (Å²) < 4.78 is 19.4. The Bertz CT molecular complexity index is 639. The minimum Gasteiger partial charge on any atom is -0.497 e. The van der Waals surface area contributed by atoms with Crippen molar-refractivity contribution in [1.82, 2.24) is 9.80 Å². The van der Waals surface area contributed by atoms with Gasteiger partial charge in [0.05, 0.1) is 7.11 Å². The first-order chi connectivity index (χ1) is 12.5. The molecule has 6 heteroatoms. The average Bonchev–Trinajstić information content (AvgIpc) is 2.65. The molecule has 2 heterocycles. The Morgan fingerprint density at radius 2 is 2.15 bits per heavy atom. The largest absolute Gasteiger partial charge is 0.497 e. The zero-order valence-electron chi connectivity index (χ0n) is 15.5. The lowest BCUT2D eigenvalue weighted by molar-refractivity contribution is -0.139. The zero-order chi connectivity index (χ0) is 18.6. The average molecular weight is 364 g/mol. The molecule has 1 spiro atoms. The molecule has 3 rings (SSSR count). The Morgan fingerprint density at radius 3 is 2.92 bits per heavy atom. The molecule has 1 atom stereocenters. The van der Waals surface area contributed by atoms with Gasteiger partial charge < -0.3 is 14.7 Å². The molecular formula is C20H29FN2O3. The van der Waals surface area contributed by atoms with E-state index in [0.29, 0.717) is 37.2 Å². The molecule has 0 radical (unpaired) electrons. The number of methoxy groups -OCH3 is 1. The summed E-state index contributed by atoms with van der Waals surface area (Å²) >= 11 is 0. The van der Waals surface area contributed by atoms with E-state index < -0.39 is 0 Å². The fourth-order valence-electron chi connectivity index (χ4n) is 4.39. The Kier molecular flexibility index (Phi) is 6.14. The van der Waals surface area contributed by atoms with Crippen LogP contribution in [0.1, 0.15) is 37.7 Å². The summed E-state index contributed by atoms with van der Waals surface area (Å²) in [4.78, 5) is 16.4. The highest BCUT2D eigenvalue weighted by Crippen LogP contribution is 2.39. The lowest BCUT2D eigenvalue weighted by atomic mass is 9.73. The molecule has 26 heavy (non-hydrogen) atoms. The number of hydrogen-bond donors (Lipinski definition) is 1. The number of benzene rings is 1. The van der Waals surface area contributed by atoms with Crippen molar-refractivity contribution in [2.45, 2.75) is 38.6 Å². The molecule has 0 saturated carbocycles. The van der Waals surface area contributed by atoms with Crippen LogP contribution in [0.3, 0.4) is 0 Å². The number of amides is 1. The first-order valence-corrected chi connectivity index (χ1v) is 9.49. The predicted octanol–water partition coefficient (Wildman–Crippen LogP) is 2.42. The molecular weight excluding hydrogens is 335 g/mol. The third-order valence-electron chi connectivity index (χ3n) is 5.72. The zero-order valence-corrected chi connectivity index (χ0v) is 15.5. The maximum Gasteiger partial charge on any atom is 0.222 e. The minimum atomic E-state index is -0.200. The summed E-state index contributed by atoms with van der Waals surface area (Å²) in [5, 5.41) is 9.07. The van der Waals surface area contributed by atoms with Gasteiger partial charge in [0, 0.05) is 50.2 Å². The third kappa shape index (κ3) is 4.35. The molecule has 0 aromatic heterocycles. The van der Waals surface area contributed by atoms with E-state index in [4.69, 9.17) is 9.84 Å². The van der Waals surface area contributed by atoms with E-state index in [1.165, 1.54) is 6.07 Å². The molecule has 1 amide bonds.